The molecule has 0 aromatic heterocycles. The lowest BCUT2D eigenvalue weighted by Gasteiger charge is -2.22. The van der Waals surface area contributed by atoms with E-state index in [2.05, 4.69) is 26.0 Å². The van der Waals surface area contributed by atoms with Crippen molar-refractivity contribution >= 4 is 66.5 Å². The summed E-state index contributed by atoms with van der Waals surface area (Å²) in [5.41, 5.74) is 2.85. The largest absolute Gasteiger partial charge is 0.497 e. The van der Waals surface area contributed by atoms with Crippen molar-refractivity contribution < 1.29 is 14.3 Å². The van der Waals surface area contributed by atoms with Crippen molar-refractivity contribution in [2.45, 2.75) is 25.3 Å². The van der Waals surface area contributed by atoms with Crippen molar-refractivity contribution in [3.8, 4) is 5.75 Å². The van der Waals surface area contributed by atoms with Gasteiger partial charge in [-0.15, -0.1) is 0 Å². The van der Waals surface area contributed by atoms with Gasteiger partial charge in [-0.3, -0.25) is 9.59 Å². The van der Waals surface area contributed by atoms with E-state index in [1.807, 2.05) is 48.5 Å². The first-order valence-electron chi connectivity index (χ1n) is 11.1. The Morgan fingerprint density at radius 2 is 1.94 bits per heavy atom. The van der Waals surface area contributed by atoms with Crippen LogP contribution in [0.5, 0.6) is 5.75 Å². The number of methoxy groups -OCH3 is 1. The van der Waals surface area contributed by atoms with E-state index in [1.54, 1.807) is 17.1 Å². The number of aliphatic imine (C=N–C) groups is 1. The predicted molar refractivity (Wildman–Crippen MR) is 144 cm³/mol. The smallest absolute Gasteiger partial charge is 0.253 e. The molecular formula is C24H22BrN5O3S2. The van der Waals surface area contributed by atoms with E-state index in [9.17, 15) is 9.59 Å². The molecule has 8 nitrogen and oxygen atoms in total. The highest BCUT2D eigenvalue weighted by Crippen LogP contribution is 2.35. The summed E-state index contributed by atoms with van der Waals surface area (Å²) >= 11 is 6.16. The topological polar surface area (TPSA) is 86.9 Å². The van der Waals surface area contributed by atoms with Gasteiger partial charge in [0.25, 0.3) is 5.91 Å². The number of amides is 2. The minimum atomic E-state index is -0.206. The molecule has 2 aromatic rings. The molecule has 0 fully saturated rings. The van der Waals surface area contributed by atoms with Gasteiger partial charge in [-0.25, -0.2) is 10.0 Å². The molecule has 2 amide bonds. The van der Waals surface area contributed by atoms with Crippen LogP contribution in [0.1, 0.15) is 36.4 Å². The molecule has 0 unspecified atom stereocenters. The summed E-state index contributed by atoms with van der Waals surface area (Å²) in [6, 6.07) is 15.5. The summed E-state index contributed by atoms with van der Waals surface area (Å²) in [6.45, 7) is 0.655. The highest BCUT2D eigenvalue weighted by molar-refractivity contribution is 9.10. The number of halogens is 1. The maximum Gasteiger partial charge on any atom is 0.253 e. The van der Waals surface area contributed by atoms with Crippen molar-refractivity contribution in [3.63, 3.8) is 0 Å². The molecular weight excluding hydrogens is 550 g/mol. The molecule has 3 aliphatic heterocycles. The minimum Gasteiger partial charge on any atom is -0.497 e. The van der Waals surface area contributed by atoms with Gasteiger partial charge in [-0.2, -0.15) is 15.2 Å². The zero-order chi connectivity index (χ0) is 24.4. The van der Waals surface area contributed by atoms with Gasteiger partial charge >= 0.3 is 0 Å². The first-order chi connectivity index (χ1) is 17.0. The molecule has 0 radical (unpaired) electrons. The number of hydrogen-bond donors (Lipinski definition) is 0. The van der Waals surface area contributed by atoms with Crippen LogP contribution in [-0.4, -0.2) is 56.5 Å². The number of hydrogen-bond acceptors (Lipinski definition) is 8. The second-order valence-corrected chi connectivity index (χ2v) is 11.2. The standard InChI is InChI=1S/C24H22BrN5O3S2/c1-33-18-10-6-16(7-11-18)20-13-19(15-4-8-17(25)9-5-15)27-30(20)22(32)14-34-24-28-29-12-2-3-21(31)26-23(29)35-24/h4-11,20H,2-3,12-14H2,1H3/t20-/m1/s1. The molecule has 3 heterocycles. The SMILES string of the molecule is COc1ccc([C@H]2CC(c3ccc(Br)cc3)=NN2C(=O)CSC2=NN3CCCC(=O)N=C3S2)cc1. The molecule has 0 bridgehead atoms. The van der Waals surface area contributed by atoms with Crippen LogP contribution in [0.4, 0.5) is 0 Å². The number of thioether (sulfide) groups is 2. The number of benzene rings is 2. The Kier molecular flexibility index (Phi) is 7.26. The Bertz CT molecular complexity index is 1230. The highest BCUT2D eigenvalue weighted by Gasteiger charge is 2.34. The molecule has 0 saturated heterocycles. The van der Waals surface area contributed by atoms with Gasteiger partial charge in [-0.05, 0) is 53.6 Å². The van der Waals surface area contributed by atoms with Gasteiger partial charge < -0.3 is 4.74 Å². The van der Waals surface area contributed by atoms with E-state index in [0.717, 1.165) is 33.5 Å². The van der Waals surface area contributed by atoms with E-state index in [0.29, 0.717) is 28.9 Å². The summed E-state index contributed by atoms with van der Waals surface area (Å²) in [4.78, 5) is 29.3. The monoisotopic (exact) mass is 571 g/mol. The second-order valence-electron chi connectivity index (χ2n) is 8.06. The number of amidine groups is 1. The third-order valence-electron chi connectivity index (χ3n) is 5.75. The lowest BCUT2D eigenvalue weighted by Crippen LogP contribution is -2.28. The number of rotatable bonds is 5. The number of hydrazone groups is 2. The Morgan fingerprint density at radius 3 is 2.69 bits per heavy atom. The van der Waals surface area contributed by atoms with Gasteiger partial charge in [0.15, 0.2) is 9.54 Å². The molecule has 0 N–H and O–H groups in total. The average Bonchev–Trinajstić information content (AvgIpc) is 3.43. The van der Waals surface area contributed by atoms with Gasteiger partial charge in [0.1, 0.15) is 5.75 Å². The van der Waals surface area contributed by atoms with Crippen molar-refractivity contribution in [2.24, 2.45) is 15.2 Å². The second kappa shape index (κ2) is 10.5. The average molecular weight is 573 g/mol. The third-order valence-corrected chi connectivity index (χ3v) is 8.34. The van der Waals surface area contributed by atoms with Crippen LogP contribution in [-0.2, 0) is 9.59 Å². The first-order valence-corrected chi connectivity index (χ1v) is 13.7. The van der Waals surface area contributed by atoms with E-state index < -0.39 is 0 Å². The summed E-state index contributed by atoms with van der Waals surface area (Å²) in [5, 5.41) is 13.2. The number of carbonyl (C=O) groups excluding carboxylic acids is 2. The normalized spacial score (nSPS) is 19.7. The van der Waals surface area contributed by atoms with Crippen LogP contribution in [0.3, 0.4) is 0 Å². The number of carbonyl (C=O) groups is 2. The molecule has 35 heavy (non-hydrogen) atoms. The van der Waals surface area contributed by atoms with Crippen molar-refractivity contribution in [1.29, 1.82) is 0 Å². The van der Waals surface area contributed by atoms with Gasteiger partial charge in [0, 0.05) is 23.9 Å². The number of nitrogens with zero attached hydrogens (tertiary/aromatic N) is 5. The fourth-order valence-electron chi connectivity index (χ4n) is 3.95. The Balaban J connectivity index is 1.33. The Morgan fingerprint density at radius 1 is 1.17 bits per heavy atom. The van der Waals surface area contributed by atoms with E-state index in [4.69, 9.17) is 9.84 Å². The van der Waals surface area contributed by atoms with Crippen LogP contribution >= 0.6 is 39.5 Å². The number of fused-ring (bicyclic) bond motifs is 1. The summed E-state index contributed by atoms with van der Waals surface area (Å²) in [6.07, 6.45) is 1.78. The quantitative estimate of drug-likeness (QED) is 0.509. The Hall–Kier alpha value is -2.63. The van der Waals surface area contributed by atoms with Crippen molar-refractivity contribution in [2.75, 3.05) is 19.4 Å². The first kappa shape index (κ1) is 24.1. The summed E-state index contributed by atoms with van der Waals surface area (Å²) in [5.74, 6) is 0.720. The zero-order valence-electron chi connectivity index (χ0n) is 18.9. The van der Waals surface area contributed by atoms with E-state index >= 15 is 0 Å². The molecule has 11 heteroatoms. The minimum absolute atomic E-state index is 0.105. The Labute approximate surface area is 220 Å². The van der Waals surface area contributed by atoms with Gasteiger partial charge in [0.2, 0.25) is 5.91 Å². The molecule has 0 aliphatic carbocycles. The molecule has 0 saturated carbocycles. The van der Waals surface area contributed by atoms with Gasteiger partial charge in [-0.1, -0.05) is 52.0 Å². The molecule has 0 spiro atoms. The molecule has 3 aliphatic rings. The predicted octanol–water partition coefficient (Wildman–Crippen LogP) is 4.86. The van der Waals surface area contributed by atoms with Crippen molar-refractivity contribution in [1.82, 2.24) is 10.0 Å². The summed E-state index contributed by atoms with van der Waals surface area (Å²) < 4.78 is 6.99. The van der Waals surface area contributed by atoms with Crippen LogP contribution in [0.25, 0.3) is 0 Å². The van der Waals surface area contributed by atoms with Crippen LogP contribution < -0.4 is 4.74 Å². The van der Waals surface area contributed by atoms with Crippen LogP contribution in [0, 0.1) is 0 Å². The van der Waals surface area contributed by atoms with Crippen LogP contribution in [0.2, 0.25) is 0 Å². The number of ether oxygens (including phenoxy) is 1. The van der Waals surface area contributed by atoms with Gasteiger partial charge in [0.05, 0.1) is 24.6 Å². The van der Waals surface area contributed by atoms with Crippen molar-refractivity contribution in [3.05, 3.63) is 64.1 Å². The molecule has 5 rings (SSSR count). The third kappa shape index (κ3) is 5.46. The lowest BCUT2D eigenvalue weighted by atomic mass is 9.98. The van der Waals surface area contributed by atoms with E-state index in [-0.39, 0.29) is 23.6 Å². The summed E-state index contributed by atoms with van der Waals surface area (Å²) in [7, 11) is 1.63. The molecule has 1 atom stereocenters. The molecule has 180 valence electrons. The zero-order valence-corrected chi connectivity index (χ0v) is 22.1. The fraction of sp³-hybridized carbons (Fsp3) is 0.292. The fourth-order valence-corrected chi connectivity index (χ4v) is 6.07. The molecule has 2 aromatic carbocycles. The van der Waals surface area contributed by atoms with Crippen LogP contribution in [0.15, 0.2) is 68.2 Å². The maximum absolute atomic E-state index is 13.4. The highest BCUT2D eigenvalue weighted by atomic mass is 79.9. The maximum atomic E-state index is 13.4. The lowest BCUT2D eigenvalue weighted by molar-refractivity contribution is -0.130. The van der Waals surface area contributed by atoms with E-state index in [1.165, 1.54) is 23.5 Å².